The van der Waals surface area contributed by atoms with Gasteiger partial charge in [0, 0.05) is 24.4 Å². The number of hydrogen-bond donors (Lipinski definition) is 2. The van der Waals surface area contributed by atoms with Crippen molar-refractivity contribution < 1.29 is 14.3 Å². The molecule has 144 valence electrons. The van der Waals surface area contributed by atoms with Crippen molar-refractivity contribution in [3.05, 3.63) is 29.8 Å². The highest BCUT2D eigenvalue weighted by molar-refractivity contribution is 5.84. The van der Waals surface area contributed by atoms with Crippen molar-refractivity contribution in [2.45, 2.75) is 63.5 Å². The van der Waals surface area contributed by atoms with Crippen molar-refractivity contribution in [2.24, 2.45) is 17.3 Å². The Morgan fingerprint density at radius 3 is 2.59 bits per heavy atom. The number of benzene rings is 1. The van der Waals surface area contributed by atoms with E-state index in [0.717, 1.165) is 49.8 Å². The minimum Gasteiger partial charge on any atom is -0.493 e. The molecule has 4 aliphatic carbocycles. The Labute approximate surface area is 160 Å². The fourth-order valence-electron chi connectivity index (χ4n) is 6.85. The second kappa shape index (κ2) is 5.98. The Balaban J connectivity index is 1.40. The van der Waals surface area contributed by atoms with E-state index in [0.29, 0.717) is 18.4 Å². The molecule has 4 saturated carbocycles. The molecule has 4 fully saturated rings. The molecule has 0 saturated heterocycles. The lowest BCUT2D eigenvalue weighted by Crippen LogP contribution is -2.65. The van der Waals surface area contributed by atoms with Crippen LogP contribution in [0.2, 0.25) is 0 Å². The maximum Gasteiger partial charge on any atom is 0.226 e. The van der Waals surface area contributed by atoms with Crippen molar-refractivity contribution in [1.82, 2.24) is 10.6 Å². The van der Waals surface area contributed by atoms with Gasteiger partial charge in [-0.25, -0.2) is 0 Å². The highest BCUT2D eigenvalue weighted by Gasteiger charge is 2.61. The van der Waals surface area contributed by atoms with Crippen molar-refractivity contribution in [2.75, 3.05) is 6.61 Å². The van der Waals surface area contributed by atoms with Crippen LogP contribution < -0.4 is 15.4 Å². The number of rotatable bonds is 3. The molecule has 4 bridgehead atoms. The summed E-state index contributed by atoms with van der Waals surface area (Å²) in [5.41, 5.74) is 0.596. The van der Waals surface area contributed by atoms with E-state index in [1.165, 1.54) is 6.42 Å². The van der Waals surface area contributed by atoms with Crippen molar-refractivity contribution in [1.29, 1.82) is 0 Å². The quantitative estimate of drug-likeness (QED) is 0.861. The summed E-state index contributed by atoms with van der Waals surface area (Å²) in [4.78, 5) is 25.4. The van der Waals surface area contributed by atoms with Gasteiger partial charge in [-0.15, -0.1) is 0 Å². The largest absolute Gasteiger partial charge is 0.493 e. The summed E-state index contributed by atoms with van der Waals surface area (Å²) in [5.74, 6) is 2.23. The summed E-state index contributed by atoms with van der Waals surface area (Å²) >= 11 is 0. The minimum absolute atomic E-state index is 0.0205. The van der Waals surface area contributed by atoms with Gasteiger partial charge in [0.25, 0.3) is 0 Å². The zero-order chi connectivity index (χ0) is 18.6. The van der Waals surface area contributed by atoms with Gasteiger partial charge in [0.1, 0.15) is 5.75 Å². The second-order valence-corrected chi connectivity index (χ2v) is 9.40. The van der Waals surface area contributed by atoms with Gasteiger partial charge in [0.05, 0.1) is 18.1 Å². The number of hydrogen-bond acceptors (Lipinski definition) is 3. The highest BCUT2D eigenvalue weighted by Crippen LogP contribution is 2.61. The average molecular weight is 368 g/mol. The molecule has 0 radical (unpaired) electrons. The van der Waals surface area contributed by atoms with Gasteiger partial charge in [-0.3, -0.25) is 9.59 Å². The van der Waals surface area contributed by atoms with E-state index in [1.807, 2.05) is 18.2 Å². The van der Waals surface area contributed by atoms with Crippen LogP contribution in [0.4, 0.5) is 0 Å². The smallest absolute Gasteiger partial charge is 0.226 e. The van der Waals surface area contributed by atoms with Crippen LogP contribution in [-0.2, 0) is 9.59 Å². The number of fused-ring (bicyclic) bond motifs is 1. The van der Waals surface area contributed by atoms with Crippen LogP contribution >= 0.6 is 0 Å². The predicted molar refractivity (Wildman–Crippen MR) is 101 cm³/mol. The molecule has 2 unspecified atom stereocenters. The molecule has 2 N–H and O–H groups in total. The molecule has 5 nitrogen and oxygen atoms in total. The van der Waals surface area contributed by atoms with Gasteiger partial charge in [-0.2, -0.15) is 0 Å². The summed E-state index contributed by atoms with van der Waals surface area (Å²) in [6, 6.07) is 8.03. The number of carbonyl (C=O) groups excluding carboxylic acids is 2. The van der Waals surface area contributed by atoms with E-state index >= 15 is 0 Å². The van der Waals surface area contributed by atoms with E-state index in [1.54, 1.807) is 6.92 Å². The molecule has 5 aliphatic rings. The number of nitrogens with one attached hydrogen (secondary N) is 2. The Kier molecular flexibility index (Phi) is 3.78. The lowest BCUT2D eigenvalue weighted by molar-refractivity contribution is -0.154. The summed E-state index contributed by atoms with van der Waals surface area (Å²) in [5, 5.41) is 6.62. The van der Waals surface area contributed by atoms with Gasteiger partial charge >= 0.3 is 0 Å². The first-order valence-corrected chi connectivity index (χ1v) is 10.3. The third-order valence-electron chi connectivity index (χ3n) is 7.25. The number of ether oxygens (including phenoxy) is 1. The van der Waals surface area contributed by atoms with Crippen LogP contribution in [0.3, 0.4) is 0 Å². The first kappa shape index (κ1) is 17.1. The van der Waals surface area contributed by atoms with Gasteiger partial charge in [-0.05, 0) is 56.4 Å². The minimum atomic E-state index is -0.320. The molecule has 5 heteroatoms. The SMILES string of the molecule is CC(=O)NC12C[C@H]3C[C@@H](C1)CC(C(=O)N[C@H]1CCOc4ccccc41)(C3)C2. The maximum absolute atomic E-state index is 13.5. The zero-order valence-corrected chi connectivity index (χ0v) is 15.9. The van der Waals surface area contributed by atoms with Crippen LogP contribution in [-0.4, -0.2) is 24.0 Å². The summed E-state index contributed by atoms with van der Waals surface area (Å²) in [6.45, 7) is 2.24. The fourth-order valence-corrected chi connectivity index (χ4v) is 6.85. The number of amides is 2. The molecule has 1 aromatic carbocycles. The standard InChI is InChI=1S/C22H28N2O3/c1-14(25)24-22-11-15-8-16(12-22)10-21(9-15,13-22)20(26)23-18-6-7-27-19-5-3-2-4-17(18)19/h2-5,15-16,18H,6-13H2,1H3,(H,23,26)(H,24,25)/t15-,16+,18-,21?,22?/m0/s1. The summed E-state index contributed by atoms with van der Waals surface area (Å²) in [7, 11) is 0. The monoisotopic (exact) mass is 368 g/mol. The van der Waals surface area contributed by atoms with Crippen LogP contribution in [0.15, 0.2) is 24.3 Å². The zero-order valence-electron chi connectivity index (χ0n) is 15.9. The fraction of sp³-hybridized carbons (Fsp3) is 0.636. The molecular weight excluding hydrogens is 340 g/mol. The van der Waals surface area contributed by atoms with Gasteiger partial charge < -0.3 is 15.4 Å². The van der Waals surface area contributed by atoms with E-state index in [4.69, 9.17) is 4.74 Å². The van der Waals surface area contributed by atoms with Crippen molar-refractivity contribution in [3.8, 4) is 5.75 Å². The van der Waals surface area contributed by atoms with E-state index in [9.17, 15) is 9.59 Å². The van der Waals surface area contributed by atoms with Crippen LogP contribution in [0.25, 0.3) is 0 Å². The first-order valence-electron chi connectivity index (χ1n) is 10.3. The molecule has 1 heterocycles. The number of para-hydroxylation sites is 1. The predicted octanol–water partition coefficient (Wildman–Crippen LogP) is 3.10. The van der Waals surface area contributed by atoms with Crippen molar-refractivity contribution >= 4 is 11.8 Å². The summed E-state index contributed by atoms with van der Waals surface area (Å²) < 4.78 is 5.75. The Morgan fingerprint density at radius 2 is 1.85 bits per heavy atom. The lowest BCUT2D eigenvalue weighted by Gasteiger charge is -2.61. The summed E-state index contributed by atoms with van der Waals surface area (Å²) in [6.07, 6.45) is 6.85. The third-order valence-corrected chi connectivity index (χ3v) is 7.25. The number of carbonyl (C=O) groups is 2. The average Bonchev–Trinajstić information content (AvgIpc) is 2.59. The van der Waals surface area contributed by atoms with Crippen molar-refractivity contribution in [3.63, 3.8) is 0 Å². The Hall–Kier alpha value is -2.04. The lowest BCUT2D eigenvalue weighted by atomic mass is 9.46. The van der Waals surface area contributed by atoms with Gasteiger partial charge in [0.2, 0.25) is 11.8 Å². The molecule has 6 rings (SSSR count). The second-order valence-electron chi connectivity index (χ2n) is 9.40. The van der Waals surface area contributed by atoms with E-state index < -0.39 is 0 Å². The van der Waals surface area contributed by atoms with Gasteiger partial charge in [-0.1, -0.05) is 18.2 Å². The van der Waals surface area contributed by atoms with Crippen LogP contribution in [0.5, 0.6) is 5.75 Å². The molecule has 5 atom stereocenters. The maximum atomic E-state index is 13.5. The van der Waals surface area contributed by atoms with Crippen LogP contribution in [0, 0.1) is 17.3 Å². The molecule has 0 spiro atoms. The van der Waals surface area contributed by atoms with E-state index in [-0.39, 0.29) is 28.8 Å². The highest BCUT2D eigenvalue weighted by atomic mass is 16.5. The normalized spacial score (nSPS) is 38.6. The first-order chi connectivity index (χ1) is 13.0. The Bertz CT molecular complexity index is 776. The molecular formula is C22H28N2O3. The third kappa shape index (κ3) is 2.82. The van der Waals surface area contributed by atoms with Crippen LogP contribution in [0.1, 0.15) is 63.5 Å². The molecule has 27 heavy (non-hydrogen) atoms. The molecule has 1 aromatic rings. The Morgan fingerprint density at radius 1 is 1.11 bits per heavy atom. The topological polar surface area (TPSA) is 67.4 Å². The van der Waals surface area contributed by atoms with Gasteiger partial charge in [0.15, 0.2) is 0 Å². The molecule has 2 amide bonds. The molecule has 1 aliphatic heterocycles. The van der Waals surface area contributed by atoms with E-state index in [2.05, 4.69) is 16.7 Å². The molecule has 0 aromatic heterocycles.